The van der Waals surface area contributed by atoms with E-state index in [-0.39, 0.29) is 0 Å². The van der Waals surface area contributed by atoms with Gasteiger partial charge in [-0.3, -0.25) is 0 Å². The summed E-state index contributed by atoms with van der Waals surface area (Å²) in [6.45, 7) is 2.43. The topological polar surface area (TPSA) is 37.2 Å². The average molecular weight is 488 g/mol. The van der Waals surface area contributed by atoms with Crippen molar-refractivity contribution in [3.8, 4) is 0 Å². The Morgan fingerprint density at radius 3 is 1.96 bits per heavy atom. The van der Waals surface area contributed by atoms with E-state index in [1.807, 2.05) is 49.4 Å². The maximum Gasteiger partial charge on any atom is 0.159 e. The van der Waals surface area contributed by atoms with Gasteiger partial charge in [-0.25, -0.2) is 0 Å². The fraction of sp³-hybridized carbons (Fsp3) is 0.182. The summed E-state index contributed by atoms with van der Waals surface area (Å²) in [6, 6.07) is 22.4. The Hall–Kier alpha value is -1.82. The van der Waals surface area contributed by atoms with Crippen LogP contribution in [0.1, 0.15) is 13.3 Å². The van der Waals surface area contributed by atoms with Crippen molar-refractivity contribution in [1.29, 1.82) is 0 Å². The molecule has 0 spiro atoms. The molecule has 1 unspecified atom stereocenters. The summed E-state index contributed by atoms with van der Waals surface area (Å²) in [5.74, 6) is 0. The third kappa shape index (κ3) is 3.40. The van der Waals surface area contributed by atoms with Crippen molar-refractivity contribution in [3.63, 3.8) is 0 Å². The summed E-state index contributed by atoms with van der Waals surface area (Å²) in [5, 5.41) is 17.3. The van der Waals surface area contributed by atoms with E-state index in [2.05, 4.69) is 66.0 Å². The number of hydrogen-bond donors (Lipinski definition) is 2. The molecule has 1 atom stereocenters. The molecule has 138 valence electrons. The third-order valence-corrected chi connectivity index (χ3v) is 6.01. The molecule has 3 nitrogen and oxygen atoms in total. The van der Waals surface area contributed by atoms with Gasteiger partial charge in [-0.05, 0) is 55.0 Å². The number of rotatable bonds is 5. The van der Waals surface area contributed by atoms with Crippen LogP contribution in [0.15, 0.2) is 75.7 Å². The first kappa shape index (κ1) is 18.5. The molecule has 4 aromatic rings. The number of fused-ring (bicyclic) bond motifs is 3. The van der Waals surface area contributed by atoms with Gasteiger partial charge in [0, 0.05) is 25.4 Å². The molecule has 0 aliphatic carbocycles. The monoisotopic (exact) mass is 486 g/mol. The molecular formula is C22H20Br2N2O. The van der Waals surface area contributed by atoms with Crippen molar-refractivity contribution < 1.29 is 5.11 Å². The Bertz CT molecular complexity index is 1050. The predicted octanol–water partition coefficient (Wildman–Crippen LogP) is 6.49. The van der Waals surface area contributed by atoms with Gasteiger partial charge < -0.3 is 15.0 Å². The van der Waals surface area contributed by atoms with Crippen molar-refractivity contribution in [2.75, 3.05) is 11.9 Å². The highest BCUT2D eigenvalue weighted by atomic mass is 79.9. The number of anilines is 1. The molecule has 0 aliphatic rings. The van der Waals surface area contributed by atoms with Gasteiger partial charge in [0.05, 0.1) is 17.6 Å². The summed E-state index contributed by atoms with van der Waals surface area (Å²) >= 11 is 7.16. The lowest BCUT2D eigenvalue weighted by Crippen LogP contribution is -2.39. The van der Waals surface area contributed by atoms with Crippen molar-refractivity contribution >= 4 is 59.4 Å². The predicted molar refractivity (Wildman–Crippen MR) is 120 cm³/mol. The van der Waals surface area contributed by atoms with E-state index < -0.39 is 5.72 Å². The Morgan fingerprint density at radius 2 is 1.44 bits per heavy atom. The highest BCUT2D eigenvalue weighted by Gasteiger charge is 2.30. The molecule has 0 aliphatic heterocycles. The number of aromatic nitrogens is 1. The normalized spacial score (nSPS) is 13.8. The highest BCUT2D eigenvalue weighted by Crippen LogP contribution is 2.37. The zero-order valence-corrected chi connectivity index (χ0v) is 18.1. The van der Waals surface area contributed by atoms with Gasteiger partial charge in [0.25, 0.3) is 0 Å². The first-order chi connectivity index (χ1) is 13.0. The minimum atomic E-state index is -1.06. The van der Waals surface area contributed by atoms with Gasteiger partial charge >= 0.3 is 0 Å². The number of benzene rings is 3. The quantitative estimate of drug-likeness (QED) is 0.337. The molecule has 0 saturated heterocycles. The van der Waals surface area contributed by atoms with E-state index in [0.717, 1.165) is 36.4 Å². The van der Waals surface area contributed by atoms with Crippen molar-refractivity contribution in [3.05, 3.63) is 75.7 Å². The SMILES string of the molecule is CCC(O)(CNc1ccccc1)n1c2ccc(Br)cc2c2cc(Br)ccc21. The molecule has 5 heteroatoms. The van der Waals surface area contributed by atoms with Crippen molar-refractivity contribution in [2.24, 2.45) is 0 Å². The molecular weight excluding hydrogens is 468 g/mol. The number of nitrogens with zero attached hydrogens (tertiary/aromatic N) is 1. The zero-order valence-electron chi connectivity index (χ0n) is 14.9. The van der Waals surface area contributed by atoms with E-state index in [1.54, 1.807) is 0 Å². The van der Waals surface area contributed by atoms with Crippen LogP contribution < -0.4 is 5.32 Å². The lowest BCUT2D eigenvalue weighted by molar-refractivity contribution is -0.0199. The second-order valence-electron chi connectivity index (χ2n) is 6.71. The van der Waals surface area contributed by atoms with Crippen LogP contribution in [-0.2, 0) is 5.72 Å². The molecule has 4 rings (SSSR count). The molecule has 0 bridgehead atoms. The summed E-state index contributed by atoms with van der Waals surface area (Å²) < 4.78 is 4.11. The van der Waals surface area contributed by atoms with Gasteiger partial charge in [-0.15, -0.1) is 0 Å². The minimum absolute atomic E-state index is 0.415. The first-order valence-electron chi connectivity index (χ1n) is 8.93. The molecule has 1 heterocycles. The van der Waals surface area contributed by atoms with Gasteiger partial charge in [0.1, 0.15) is 0 Å². The molecule has 3 aromatic carbocycles. The van der Waals surface area contributed by atoms with Crippen LogP contribution in [-0.4, -0.2) is 16.2 Å². The molecule has 2 N–H and O–H groups in total. The van der Waals surface area contributed by atoms with Crippen LogP contribution in [0.25, 0.3) is 21.8 Å². The van der Waals surface area contributed by atoms with Gasteiger partial charge in [-0.2, -0.15) is 0 Å². The Kier molecular flexibility index (Phi) is 5.01. The second-order valence-corrected chi connectivity index (χ2v) is 8.55. The molecule has 0 fully saturated rings. The Balaban J connectivity index is 1.89. The Labute approximate surface area is 175 Å². The Morgan fingerprint density at radius 1 is 0.889 bits per heavy atom. The average Bonchev–Trinajstić information content (AvgIpc) is 3.00. The number of halogens is 2. The number of hydrogen-bond acceptors (Lipinski definition) is 2. The molecule has 0 amide bonds. The van der Waals surface area contributed by atoms with Crippen LogP contribution in [0.2, 0.25) is 0 Å². The van der Waals surface area contributed by atoms with Crippen molar-refractivity contribution in [2.45, 2.75) is 19.1 Å². The largest absolute Gasteiger partial charge is 0.380 e. The third-order valence-electron chi connectivity index (χ3n) is 5.02. The van der Waals surface area contributed by atoms with E-state index in [0.29, 0.717) is 13.0 Å². The van der Waals surface area contributed by atoms with Crippen LogP contribution in [0, 0.1) is 0 Å². The summed E-state index contributed by atoms with van der Waals surface area (Å²) in [6.07, 6.45) is 0.581. The smallest absolute Gasteiger partial charge is 0.159 e. The fourth-order valence-electron chi connectivity index (χ4n) is 3.58. The highest BCUT2D eigenvalue weighted by molar-refractivity contribution is 9.10. The fourth-order valence-corrected chi connectivity index (χ4v) is 4.30. The molecule has 0 saturated carbocycles. The lowest BCUT2D eigenvalue weighted by atomic mass is 10.1. The van der Waals surface area contributed by atoms with E-state index >= 15 is 0 Å². The van der Waals surface area contributed by atoms with Crippen molar-refractivity contribution in [1.82, 2.24) is 4.57 Å². The number of nitrogens with one attached hydrogen (secondary N) is 1. The maximum atomic E-state index is 11.7. The number of para-hydroxylation sites is 1. The first-order valence-corrected chi connectivity index (χ1v) is 10.5. The van der Waals surface area contributed by atoms with Gasteiger partial charge in [0.15, 0.2) is 5.72 Å². The van der Waals surface area contributed by atoms with E-state index in [4.69, 9.17) is 0 Å². The summed E-state index contributed by atoms with van der Waals surface area (Å²) in [7, 11) is 0. The standard InChI is InChI=1S/C22H20Br2N2O/c1-2-22(27,14-25-17-6-4-3-5-7-17)26-20-10-8-15(23)12-18(20)19-13-16(24)9-11-21(19)26/h3-13,25,27H,2,14H2,1H3. The minimum Gasteiger partial charge on any atom is -0.380 e. The van der Waals surface area contributed by atoms with Crippen LogP contribution in [0.3, 0.4) is 0 Å². The second kappa shape index (κ2) is 7.30. The van der Waals surface area contributed by atoms with Crippen LogP contribution in [0.5, 0.6) is 0 Å². The zero-order chi connectivity index (χ0) is 19.0. The number of aliphatic hydroxyl groups is 1. The van der Waals surface area contributed by atoms with Crippen LogP contribution in [0.4, 0.5) is 5.69 Å². The summed E-state index contributed by atoms with van der Waals surface area (Å²) in [4.78, 5) is 0. The molecule has 0 radical (unpaired) electrons. The summed E-state index contributed by atoms with van der Waals surface area (Å²) in [5.41, 5.74) is 1.98. The molecule has 27 heavy (non-hydrogen) atoms. The molecule has 1 aromatic heterocycles. The van der Waals surface area contributed by atoms with E-state index in [1.165, 1.54) is 0 Å². The van der Waals surface area contributed by atoms with Gasteiger partial charge in [0.2, 0.25) is 0 Å². The van der Waals surface area contributed by atoms with Crippen LogP contribution >= 0.6 is 31.9 Å². The van der Waals surface area contributed by atoms with Gasteiger partial charge in [-0.1, -0.05) is 57.0 Å². The lowest BCUT2D eigenvalue weighted by Gasteiger charge is -2.31. The maximum absolute atomic E-state index is 11.7. The van der Waals surface area contributed by atoms with E-state index in [9.17, 15) is 5.11 Å².